The molecule has 0 saturated heterocycles. The molecule has 1 N–H and O–H groups in total. The number of carbonyl (C=O) groups is 1. The molecule has 132 valence electrons. The molecule has 0 aliphatic carbocycles. The van der Waals surface area contributed by atoms with Crippen LogP contribution in [0.3, 0.4) is 0 Å². The molecule has 0 saturated carbocycles. The summed E-state index contributed by atoms with van der Waals surface area (Å²) < 4.78 is 27.1. The van der Waals surface area contributed by atoms with E-state index in [0.717, 1.165) is 12.0 Å². The average Bonchev–Trinajstić information content (AvgIpc) is 3.06. The lowest BCUT2D eigenvalue weighted by atomic mass is 10.1. The molecule has 3 rings (SSSR count). The minimum absolute atomic E-state index is 0.107. The first-order chi connectivity index (χ1) is 11.9. The van der Waals surface area contributed by atoms with E-state index in [4.69, 9.17) is 0 Å². The van der Waals surface area contributed by atoms with Crippen LogP contribution in [0.25, 0.3) is 0 Å². The molecule has 0 radical (unpaired) electrons. The van der Waals surface area contributed by atoms with E-state index in [1.165, 1.54) is 4.31 Å². The minimum atomic E-state index is -3.58. The standard InChI is InChI=1S/C19H22N2O3S/c1-3-14(2)20-19(22)16-9-10-18-15(13-16)11-12-21(18)25(23,24)17-7-5-4-6-8-17/h4-10,13-14H,3,11-12H2,1-2H3,(H,20,22)/t14-/m0/s1. The number of nitrogens with zero attached hydrogens (tertiary/aromatic N) is 1. The lowest BCUT2D eigenvalue weighted by Gasteiger charge is -2.20. The normalized spacial score (nSPS) is 14.9. The quantitative estimate of drug-likeness (QED) is 0.893. The fourth-order valence-corrected chi connectivity index (χ4v) is 4.42. The third kappa shape index (κ3) is 3.39. The summed E-state index contributed by atoms with van der Waals surface area (Å²) in [6.45, 7) is 4.36. The number of carbonyl (C=O) groups excluding carboxylic acids is 1. The summed E-state index contributed by atoms with van der Waals surface area (Å²) in [7, 11) is -3.58. The van der Waals surface area contributed by atoms with Crippen molar-refractivity contribution in [1.82, 2.24) is 5.32 Å². The second kappa shape index (κ2) is 6.88. The molecule has 0 fully saturated rings. The van der Waals surface area contributed by atoms with E-state index in [1.807, 2.05) is 13.8 Å². The van der Waals surface area contributed by atoms with Crippen LogP contribution in [0, 0.1) is 0 Å². The van der Waals surface area contributed by atoms with Gasteiger partial charge in [-0.2, -0.15) is 0 Å². The maximum Gasteiger partial charge on any atom is 0.264 e. The van der Waals surface area contributed by atoms with Crippen molar-refractivity contribution in [2.75, 3.05) is 10.8 Å². The summed E-state index contributed by atoms with van der Waals surface area (Å²) >= 11 is 0. The first-order valence-electron chi connectivity index (χ1n) is 8.45. The molecule has 0 bridgehead atoms. The average molecular weight is 358 g/mol. The molecule has 2 aromatic carbocycles. The number of rotatable bonds is 5. The fourth-order valence-electron chi connectivity index (χ4n) is 2.89. The maximum absolute atomic E-state index is 12.8. The highest BCUT2D eigenvalue weighted by atomic mass is 32.2. The molecule has 0 spiro atoms. The predicted molar refractivity (Wildman–Crippen MR) is 98.3 cm³/mol. The van der Waals surface area contributed by atoms with Gasteiger partial charge in [-0.25, -0.2) is 8.42 Å². The molecule has 1 aliphatic rings. The highest BCUT2D eigenvalue weighted by molar-refractivity contribution is 7.92. The number of hydrogen-bond acceptors (Lipinski definition) is 3. The van der Waals surface area contributed by atoms with Crippen molar-refractivity contribution in [3.63, 3.8) is 0 Å². The second-order valence-corrected chi connectivity index (χ2v) is 8.13. The van der Waals surface area contributed by atoms with Crippen molar-refractivity contribution in [3.8, 4) is 0 Å². The van der Waals surface area contributed by atoms with Crippen LogP contribution in [-0.4, -0.2) is 26.9 Å². The third-order valence-corrected chi connectivity index (χ3v) is 6.34. The number of benzene rings is 2. The van der Waals surface area contributed by atoms with Gasteiger partial charge in [0.25, 0.3) is 15.9 Å². The number of anilines is 1. The van der Waals surface area contributed by atoms with E-state index in [-0.39, 0.29) is 16.8 Å². The van der Waals surface area contributed by atoms with Gasteiger partial charge in [0.1, 0.15) is 0 Å². The monoisotopic (exact) mass is 358 g/mol. The van der Waals surface area contributed by atoms with Crippen molar-refractivity contribution in [1.29, 1.82) is 0 Å². The molecule has 0 unspecified atom stereocenters. The molecule has 1 aliphatic heterocycles. The largest absolute Gasteiger partial charge is 0.350 e. The molecule has 5 nitrogen and oxygen atoms in total. The molecule has 1 amide bonds. The van der Waals surface area contributed by atoms with Crippen LogP contribution in [-0.2, 0) is 16.4 Å². The highest BCUT2D eigenvalue weighted by Crippen LogP contribution is 2.33. The van der Waals surface area contributed by atoms with Crippen molar-refractivity contribution in [2.45, 2.75) is 37.6 Å². The Labute approximate surface area is 148 Å². The Kier molecular flexibility index (Phi) is 4.81. The summed E-state index contributed by atoms with van der Waals surface area (Å²) in [5.74, 6) is -0.124. The van der Waals surface area contributed by atoms with E-state index in [9.17, 15) is 13.2 Å². The summed E-state index contributed by atoms with van der Waals surface area (Å²) in [5.41, 5.74) is 2.11. The summed E-state index contributed by atoms with van der Waals surface area (Å²) in [5, 5.41) is 2.93. The van der Waals surface area contributed by atoms with E-state index < -0.39 is 10.0 Å². The summed E-state index contributed by atoms with van der Waals surface area (Å²) in [4.78, 5) is 12.5. The Morgan fingerprint density at radius 2 is 1.92 bits per heavy atom. The lowest BCUT2D eigenvalue weighted by molar-refractivity contribution is 0.0939. The Balaban J connectivity index is 1.88. The van der Waals surface area contributed by atoms with Crippen LogP contribution in [0.4, 0.5) is 5.69 Å². The lowest BCUT2D eigenvalue weighted by Crippen LogP contribution is -2.32. The number of sulfonamides is 1. The second-order valence-electron chi connectivity index (χ2n) is 6.27. The molecular formula is C19H22N2O3S. The van der Waals surface area contributed by atoms with E-state index in [2.05, 4.69) is 5.32 Å². The van der Waals surface area contributed by atoms with Gasteiger partial charge in [0.15, 0.2) is 0 Å². The van der Waals surface area contributed by atoms with Gasteiger partial charge in [-0.3, -0.25) is 9.10 Å². The minimum Gasteiger partial charge on any atom is -0.350 e. The predicted octanol–water partition coefficient (Wildman–Crippen LogP) is 2.97. The van der Waals surface area contributed by atoms with Gasteiger partial charge < -0.3 is 5.32 Å². The molecule has 2 aromatic rings. The molecular weight excluding hydrogens is 336 g/mol. The van der Waals surface area contributed by atoms with E-state index in [0.29, 0.717) is 24.2 Å². The third-order valence-electron chi connectivity index (χ3n) is 4.52. The number of fused-ring (bicyclic) bond motifs is 1. The Morgan fingerprint density at radius 1 is 1.20 bits per heavy atom. The van der Waals surface area contributed by atoms with Gasteiger partial charge in [-0.05, 0) is 55.7 Å². The van der Waals surface area contributed by atoms with Crippen LogP contribution in [0.2, 0.25) is 0 Å². The van der Waals surface area contributed by atoms with Crippen LogP contribution in [0.1, 0.15) is 36.2 Å². The van der Waals surface area contributed by atoms with Crippen LogP contribution in [0.15, 0.2) is 53.4 Å². The molecule has 1 atom stereocenters. The van der Waals surface area contributed by atoms with Crippen molar-refractivity contribution in [3.05, 3.63) is 59.7 Å². The van der Waals surface area contributed by atoms with Crippen molar-refractivity contribution >= 4 is 21.6 Å². The molecule has 1 heterocycles. The Hall–Kier alpha value is -2.34. The smallest absolute Gasteiger partial charge is 0.264 e. The zero-order valence-corrected chi connectivity index (χ0v) is 15.2. The van der Waals surface area contributed by atoms with Gasteiger partial charge in [0, 0.05) is 18.2 Å². The Morgan fingerprint density at radius 3 is 2.60 bits per heavy atom. The first kappa shape index (κ1) is 17.5. The number of amides is 1. The van der Waals surface area contributed by atoms with Gasteiger partial charge in [0.2, 0.25) is 0 Å². The van der Waals surface area contributed by atoms with Gasteiger partial charge in [-0.15, -0.1) is 0 Å². The topological polar surface area (TPSA) is 66.5 Å². The van der Waals surface area contributed by atoms with Gasteiger partial charge >= 0.3 is 0 Å². The SMILES string of the molecule is CC[C@H](C)NC(=O)c1ccc2c(c1)CCN2S(=O)(=O)c1ccccc1. The Bertz CT molecular complexity index is 879. The van der Waals surface area contributed by atoms with Crippen LogP contribution >= 0.6 is 0 Å². The summed E-state index contributed by atoms with van der Waals surface area (Å²) in [6.07, 6.45) is 1.46. The van der Waals surface area contributed by atoms with Crippen LogP contribution in [0.5, 0.6) is 0 Å². The van der Waals surface area contributed by atoms with Crippen molar-refractivity contribution < 1.29 is 13.2 Å². The maximum atomic E-state index is 12.8. The van der Waals surface area contributed by atoms with Crippen LogP contribution < -0.4 is 9.62 Å². The van der Waals surface area contributed by atoms with E-state index >= 15 is 0 Å². The van der Waals surface area contributed by atoms with Gasteiger partial charge in [0.05, 0.1) is 10.6 Å². The first-order valence-corrected chi connectivity index (χ1v) is 9.89. The fraction of sp³-hybridized carbons (Fsp3) is 0.316. The zero-order valence-electron chi connectivity index (χ0n) is 14.4. The summed E-state index contributed by atoms with van der Waals surface area (Å²) in [6, 6.07) is 13.7. The molecule has 0 aromatic heterocycles. The zero-order chi connectivity index (χ0) is 18.0. The van der Waals surface area contributed by atoms with Gasteiger partial charge in [-0.1, -0.05) is 25.1 Å². The molecule has 6 heteroatoms. The molecule has 25 heavy (non-hydrogen) atoms. The highest BCUT2D eigenvalue weighted by Gasteiger charge is 2.31. The number of nitrogens with one attached hydrogen (secondary N) is 1. The van der Waals surface area contributed by atoms with Crippen molar-refractivity contribution in [2.24, 2.45) is 0 Å². The van der Waals surface area contributed by atoms with E-state index in [1.54, 1.807) is 48.5 Å². The number of hydrogen-bond donors (Lipinski definition) is 1.